The van der Waals surface area contributed by atoms with E-state index in [4.69, 9.17) is 29.9 Å². The van der Waals surface area contributed by atoms with Gasteiger partial charge in [0.1, 0.15) is 22.6 Å². The average molecular weight is 1080 g/mol. The Morgan fingerprint density at radius 2 is 0.716 bits per heavy atom. The molecule has 24 heteroatoms. The average Bonchev–Trinajstić information content (AvgIpc) is 4.07. The molecule has 20 nitrogen and oxygen atoms in total. The Hall–Kier alpha value is -6.12. The van der Waals surface area contributed by atoms with Crippen LogP contribution in [0, 0.1) is 17.8 Å². The number of hydrogen-bond donors (Lipinski definition) is 6. The van der Waals surface area contributed by atoms with Crippen molar-refractivity contribution in [3.8, 4) is 45.6 Å². The molecule has 0 fully saturated rings. The summed E-state index contributed by atoms with van der Waals surface area (Å²) in [7, 11) is -16.8. The first-order valence-corrected chi connectivity index (χ1v) is 30.2. The zero-order valence-corrected chi connectivity index (χ0v) is 44.8. The third kappa shape index (κ3) is 11.1. The quantitative estimate of drug-likeness (QED) is 0.0328. The Morgan fingerprint density at radius 3 is 1.08 bits per heavy atom. The van der Waals surface area contributed by atoms with Crippen LogP contribution in [-0.4, -0.2) is 97.7 Å². The highest BCUT2D eigenvalue weighted by molar-refractivity contribution is 7.90. The third-order valence-corrected chi connectivity index (χ3v) is 17.9. The Morgan fingerprint density at radius 1 is 0.405 bits per heavy atom. The molecule has 390 valence electrons. The SMILES string of the molecule is CC(C)CCCNS(=O)(=O)c1ccc2c(c1)-c1nc-2nc2[nH]c(nc3nc(nc4[nH]c(n1)c1ccc(S(=O)(=O)O)cc41)-c1ccc(S(=O)(=O)NCCCC(C)C)cc1-3)c1cc(S(=O)(=O)NCCCC(C)C)ccc21. The highest BCUT2D eigenvalue weighted by atomic mass is 32.2. The van der Waals surface area contributed by atoms with Crippen molar-refractivity contribution in [3.05, 3.63) is 72.8 Å². The number of H-pyrrole nitrogens is 2. The van der Waals surface area contributed by atoms with E-state index in [2.05, 4.69) is 65.7 Å². The lowest BCUT2D eigenvalue weighted by Crippen LogP contribution is -2.25. The largest absolute Gasteiger partial charge is 0.324 e. The Balaban J connectivity index is 1.32. The van der Waals surface area contributed by atoms with Crippen molar-refractivity contribution in [3.63, 3.8) is 0 Å². The normalized spacial score (nSPS) is 13.2. The summed E-state index contributed by atoms with van der Waals surface area (Å²) >= 11 is 0. The lowest BCUT2D eigenvalue weighted by molar-refractivity contribution is 0.483. The van der Waals surface area contributed by atoms with E-state index in [9.17, 15) is 38.2 Å². The first-order chi connectivity index (χ1) is 35.0. The predicted molar refractivity (Wildman–Crippen MR) is 284 cm³/mol. The molecule has 8 bridgehead atoms. The van der Waals surface area contributed by atoms with Gasteiger partial charge in [0.15, 0.2) is 23.3 Å². The fourth-order valence-electron chi connectivity index (χ4n) is 8.77. The van der Waals surface area contributed by atoms with E-state index in [0.717, 1.165) is 19.3 Å². The van der Waals surface area contributed by atoms with Gasteiger partial charge in [0.05, 0.1) is 19.6 Å². The van der Waals surface area contributed by atoms with Crippen molar-refractivity contribution in [1.82, 2.24) is 54.0 Å². The molecule has 3 aromatic heterocycles. The van der Waals surface area contributed by atoms with Crippen LogP contribution in [0.25, 0.3) is 89.7 Å². The van der Waals surface area contributed by atoms with Gasteiger partial charge in [-0.25, -0.2) is 69.3 Å². The van der Waals surface area contributed by atoms with Gasteiger partial charge in [0.2, 0.25) is 30.1 Å². The van der Waals surface area contributed by atoms with Gasteiger partial charge in [-0.2, -0.15) is 8.42 Å². The summed E-state index contributed by atoms with van der Waals surface area (Å²) in [6.07, 6.45) is 4.32. The Kier molecular flexibility index (Phi) is 14.6. The molecule has 0 saturated heterocycles. The smallest absolute Gasteiger partial charge is 0.294 e. The fraction of sp³-hybridized carbons (Fsp3) is 0.360. The maximum absolute atomic E-state index is 13.8. The van der Waals surface area contributed by atoms with Crippen LogP contribution in [0.2, 0.25) is 0 Å². The number of aromatic amines is 2. The summed E-state index contributed by atoms with van der Waals surface area (Å²) in [5.74, 6) is 1.28. The van der Waals surface area contributed by atoms with Gasteiger partial charge in [0.25, 0.3) is 10.1 Å². The molecule has 6 N–H and O–H groups in total. The van der Waals surface area contributed by atoms with Crippen LogP contribution in [0.15, 0.2) is 92.4 Å². The van der Waals surface area contributed by atoms with Gasteiger partial charge in [-0.15, -0.1) is 0 Å². The lowest BCUT2D eigenvalue weighted by Gasteiger charge is -2.09. The van der Waals surface area contributed by atoms with E-state index in [1.54, 1.807) is 12.1 Å². The molecule has 5 heterocycles. The van der Waals surface area contributed by atoms with Crippen LogP contribution in [0.1, 0.15) is 80.1 Å². The highest BCUT2D eigenvalue weighted by Crippen LogP contribution is 2.39. The first kappa shape index (κ1) is 52.7. The molecule has 0 atom stereocenters. The predicted octanol–water partition coefficient (Wildman–Crippen LogP) is 8.26. The zero-order valence-electron chi connectivity index (χ0n) is 41.6. The van der Waals surface area contributed by atoms with Crippen molar-refractivity contribution in [2.75, 3.05) is 19.6 Å². The number of benzene rings is 4. The summed E-state index contributed by atoms with van der Waals surface area (Å²) in [6, 6.07) is 17.2. The Labute approximate surface area is 429 Å². The van der Waals surface area contributed by atoms with E-state index in [1.807, 2.05) is 0 Å². The summed E-state index contributed by atoms with van der Waals surface area (Å²) in [5, 5.41) is 1.25. The second-order valence-corrected chi connectivity index (χ2v) is 26.4. The maximum Gasteiger partial charge on any atom is 0.294 e. The number of hydrogen-bond acceptors (Lipinski definition) is 14. The molecule has 0 aliphatic carbocycles. The van der Waals surface area contributed by atoms with E-state index in [0.29, 0.717) is 69.9 Å². The zero-order chi connectivity index (χ0) is 52.9. The number of nitrogens with one attached hydrogen (secondary N) is 5. The van der Waals surface area contributed by atoms with Crippen molar-refractivity contribution >= 4 is 84.3 Å². The van der Waals surface area contributed by atoms with Crippen LogP contribution in [0.3, 0.4) is 0 Å². The summed E-state index contributed by atoms with van der Waals surface area (Å²) in [5.41, 5.74) is 1.72. The molecular weight excluding hydrogens is 1030 g/mol. The molecule has 0 amide bonds. The van der Waals surface area contributed by atoms with Crippen LogP contribution < -0.4 is 14.2 Å². The fourth-order valence-corrected chi connectivity index (χ4v) is 12.6. The minimum absolute atomic E-state index is 0.0115. The van der Waals surface area contributed by atoms with Gasteiger partial charge in [0, 0.05) is 63.4 Å². The molecule has 9 rings (SSSR count). The molecule has 74 heavy (non-hydrogen) atoms. The van der Waals surface area contributed by atoms with Gasteiger partial charge in [-0.3, -0.25) is 4.55 Å². The molecule has 0 radical (unpaired) electrons. The van der Waals surface area contributed by atoms with Gasteiger partial charge >= 0.3 is 0 Å². The van der Waals surface area contributed by atoms with Crippen LogP contribution in [-0.2, 0) is 40.2 Å². The topological polar surface area (TPSA) is 302 Å². The van der Waals surface area contributed by atoms with E-state index >= 15 is 0 Å². The first-order valence-electron chi connectivity index (χ1n) is 24.3. The van der Waals surface area contributed by atoms with Gasteiger partial charge in [-0.1, -0.05) is 41.5 Å². The highest BCUT2D eigenvalue weighted by Gasteiger charge is 2.27. The van der Waals surface area contributed by atoms with Crippen LogP contribution in [0.5, 0.6) is 0 Å². The van der Waals surface area contributed by atoms with Crippen molar-refractivity contribution in [1.29, 1.82) is 0 Å². The molecule has 0 spiro atoms. The summed E-state index contributed by atoms with van der Waals surface area (Å²) < 4.78 is 126. The summed E-state index contributed by atoms with van der Waals surface area (Å²) in [6.45, 7) is 13.0. The van der Waals surface area contributed by atoms with E-state index < -0.39 is 45.1 Å². The molecular formula is C50H57N11O9S4. The molecule has 2 aliphatic heterocycles. The van der Waals surface area contributed by atoms with Gasteiger partial charge < -0.3 is 9.97 Å². The van der Waals surface area contributed by atoms with Crippen molar-refractivity contribution < 1.29 is 38.2 Å². The minimum atomic E-state index is -4.73. The Bertz CT molecular complexity index is 4010. The number of rotatable bonds is 19. The second kappa shape index (κ2) is 20.5. The minimum Gasteiger partial charge on any atom is -0.324 e. The monoisotopic (exact) mass is 1080 g/mol. The molecule has 0 saturated carbocycles. The van der Waals surface area contributed by atoms with Gasteiger partial charge in [-0.05, 0) is 129 Å². The molecule has 7 aromatic rings. The van der Waals surface area contributed by atoms with Crippen molar-refractivity contribution in [2.45, 2.75) is 99.6 Å². The lowest BCUT2D eigenvalue weighted by atomic mass is 10.1. The number of fused-ring (bicyclic) bond motifs is 20. The maximum atomic E-state index is 13.8. The molecule has 0 unspecified atom stereocenters. The number of sulfonamides is 3. The molecule has 2 aliphatic rings. The molecule has 4 aromatic carbocycles. The number of aromatic nitrogens is 8. The second-order valence-electron chi connectivity index (χ2n) is 19.7. The number of nitrogens with zero attached hydrogens (tertiary/aromatic N) is 6. The van der Waals surface area contributed by atoms with Crippen LogP contribution in [0.4, 0.5) is 0 Å². The standard InChI is InChI=1S/C50H57N11O9S4/c1-28(2)10-7-21-51-71(62,63)31-13-17-35-39(24-31)47-55-43(35)54-44-36-18-14-32(72(64,65)52-22-8-11-29(3)4)25-40(36)48(56-44)61-49-41-26-33(73(66,67)53-23-9-12-30(5)6)15-19-37(41)45(58-49)59-50-42-27-34(74(68,69)70)16-20-38(42)46(57-47)60-50/h13-20,24-30,51-53H,7-12,21-23H2,1-6H3,(H,68,69,70)(H2,54,55,56,57,58,59,60,61). The van der Waals surface area contributed by atoms with Crippen LogP contribution >= 0.6 is 0 Å². The van der Waals surface area contributed by atoms with E-state index in [-0.39, 0.29) is 91.2 Å². The third-order valence-electron chi connectivity index (χ3n) is 12.7. The van der Waals surface area contributed by atoms with E-state index in [1.165, 1.54) is 60.7 Å². The summed E-state index contributed by atoms with van der Waals surface area (Å²) in [4.78, 5) is 35.1. The van der Waals surface area contributed by atoms with Crippen molar-refractivity contribution in [2.24, 2.45) is 17.8 Å².